The lowest BCUT2D eigenvalue weighted by molar-refractivity contribution is 0.667. The summed E-state index contributed by atoms with van der Waals surface area (Å²) < 4.78 is 0. The van der Waals surface area contributed by atoms with Crippen LogP contribution in [0.4, 0.5) is 5.82 Å². The first-order valence-corrected chi connectivity index (χ1v) is 7.71. The normalized spacial score (nSPS) is 17.9. The predicted octanol–water partition coefficient (Wildman–Crippen LogP) is 2.81. The number of rotatable bonds is 5. The molecule has 3 N–H and O–H groups in total. The quantitative estimate of drug-likeness (QED) is 0.811. The summed E-state index contributed by atoms with van der Waals surface area (Å²) in [5.41, 5.74) is 9.34. The molecule has 3 nitrogen and oxygen atoms in total. The minimum Gasteiger partial charge on any atom is -0.389 e. The number of nitrogens with zero attached hydrogens (tertiary/aromatic N) is 1. The number of nitrogens with two attached hydrogens (primary N) is 1. The molecule has 1 saturated carbocycles. The summed E-state index contributed by atoms with van der Waals surface area (Å²) in [6.45, 7) is 0.978. The maximum atomic E-state index is 5.84. The Morgan fingerprint density at radius 2 is 2.16 bits per heavy atom. The average Bonchev–Trinajstić information content (AvgIpc) is 3.22. The van der Waals surface area contributed by atoms with Gasteiger partial charge in [0.05, 0.1) is 5.56 Å². The van der Waals surface area contributed by atoms with Gasteiger partial charge in [-0.1, -0.05) is 25.1 Å². The molecule has 1 aromatic rings. The molecular formula is C15H21N3S. The summed E-state index contributed by atoms with van der Waals surface area (Å²) >= 11 is 5.17. The van der Waals surface area contributed by atoms with Crippen molar-refractivity contribution in [1.82, 2.24) is 4.98 Å². The second-order valence-corrected chi connectivity index (χ2v) is 6.16. The van der Waals surface area contributed by atoms with Gasteiger partial charge in [0.15, 0.2) is 0 Å². The average molecular weight is 275 g/mol. The van der Waals surface area contributed by atoms with Crippen molar-refractivity contribution in [3.8, 4) is 0 Å². The molecular weight excluding hydrogens is 254 g/mol. The fourth-order valence-corrected chi connectivity index (χ4v) is 2.91. The monoisotopic (exact) mass is 275 g/mol. The van der Waals surface area contributed by atoms with Crippen molar-refractivity contribution in [1.29, 1.82) is 0 Å². The number of pyridine rings is 1. The van der Waals surface area contributed by atoms with Gasteiger partial charge in [-0.05, 0) is 49.7 Å². The van der Waals surface area contributed by atoms with Gasteiger partial charge in [-0.25, -0.2) is 4.98 Å². The first-order valence-electron chi connectivity index (χ1n) is 7.30. The SMILES string of the molecule is NC(=S)c1cc2c(nc1NCCC1CC1)CCCC2. The highest BCUT2D eigenvalue weighted by Gasteiger charge is 2.21. The lowest BCUT2D eigenvalue weighted by Crippen LogP contribution is -2.18. The molecule has 3 rings (SSSR count). The van der Waals surface area contributed by atoms with E-state index in [1.54, 1.807) is 0 Å². The fraction of sp³-hybridized carbons (Fsp3) is 0.600. The molecule has 0 radical (unpaired) electrons. The smallest absolute Gasteiger partial charge is 0.136 e. The van der Waals surface area contributed by atoms with Crippen molar-refractivity contribution in [3.05, 3.63) is 22.9 Å². The van der Waals surface area contributed by atoms with Crippen LogP contribution in [0, 0.1) is 5.92 Å². The second-order valence-electron chi connectivity index (χ2n) is 5.72. The number of anilines is 1. The Labute approximate surface area is 120 Å². The van der Waals surface area contributed by atoms with Gasteiger partial charge in [0.1, 0.15) is 10.8 Å². The zero-order valence-corrected chi connectivity index (χ0v) is 12.1. The number of aromatic nitrogens is 1. The van der Waals surface area contributed by atoms with Crippen molar-refractivity contribution >= 4 is 23.0 Å². The van der Waals surface area contributed by atoms with E-state index in [-0.39, 0.29) is 0 Å². The van der Waals surface area contributed by atoms with Crippen LogP contribution in [0.25, 0.3) is 0 Å². The molecule has 0 unspecified atom stereocenters. The van der Waals surface area contributed by atoms with Crippen LogP contribution in [0.5, 0.6) is 0 Å². The standard InChI is InChI=1S/C15H21N3S/c16-14(19)12-9-11-3-1-2-4-13(11)18-15(12)17-8-7-10-5-6-10/h9-10H,1-8H2,(H2,16,19)(H,17,18). The third-order valence-corrected chi connectivity index (χ3v) is 4.33. The molecule has 19 heavy (non-hydrogen) atoms. The second kappa shape index (κ2) is 5.45. The first-order chi connectivity index (χ1) is 9.24. The fourth-order valence-electron chi connectivity index (χ4n) is 2.76. The summed E-state index contributed by atoms with van der Waals surface area (Å²) in [6.07, 6.45) is 8.71. The van der Waals surface area contributed by atoms with E-state index >= 15 is 0 Å². The van der Waals surface area contributed by atoms with Crippen LogP contribution >= 0.6 is 12.2 Å². The van der Waals surface area contributed by atoms with Gasteiger partial charge in [0.25, 0.3) is 0 Å². The summed E-state index contributed by atoms with van der Waals surface area (Å²) in [5, 5.41) is 3.44. The molecule has 0 aliphatic heterocycles. The summed E-state index contributed by atoms with van der Waals surface area (Å²) in [7, 11) is 0. The first kappa shape index (κ1) is 12.9. The van der Waals surface area contributed by atoms with E-state index in [9.17, 15) is 0 Å². The van der Waals surface area contributed by atoms with E-state index < -0.39 is 0 Å². The molecule has 1 heterocycles. The Morgan fingerprint density at radius 1 is 1.37 bits per heavy atom. The third-order valence-electron chi connectivity index (χ3n) is 4.11. The number of fused-ring (bicyclic) bond motifs is 1. The highest BCUT2D eigenvalue weighted by molar-refractivity contribution is 7.80. The minimum atomic E-state index is 0.454. The zero-order chi connectivity index (χ0) is 13.2. The molecule has 0 bridgehead atoms. The summed E-state index contributed by atoms with van der Waals surface area (Å²) in [6, 6.07) is 2.16. The summed E-state index contributed by atoms with van der Waals surface area (Å²) in [5.74, 6) is 1.83. The van der Waals surface area contributed by atoms with E-state index in [4.69, 9.17) is 22.9 Å². The van der Waals surface area contributed by atoms with Crippen molar-refractivity contribution in [2.45, 2.75) is 44.9 Å². The van der Waals surface area contributed by atoms with Gasteiger partial charge in [-0.2, -0.15) is 0 Å². The Morgan fingerprint density at radius 3 is 2.89 bits per heavy atom. The molecule has 4 heteroatoms. The molecule has 1 fully saturated rings. The highest BCUT2D eigenvalue weighted by Crippen LogP contribution is 2.32. The van der Waals surface area contributed by atoms with Gasteiger partial charge in [-0.3, -0.25) is 0 Å². The van der Waals surface area contributed by atoms with Gasteiger partial charge in [-0.15, -0.1) is 0 Å². The van der Waals surface area contributed by atoms with Crippen LogP contribution < -0.4 is 11.1 Å². The van der Waals surface area contributed by atoms with Gasteiger partial charge >= 0.3 is 0 Å². The molecule has 2 aliphatic rings. The number of hydrogen-bond acceptors (Lipinski definition) is 3. The summed E-state index contributed by atoms with van der Waals surface area (Å²) in [4.78, 5) is 5.23. The maximum Gasteiger partial charge on any atom is 0.136 e. The largest absolute Gasteiger partial charge is 0.389 e. The molecule has 0 amide bonds. The Hall–Kier alpha value is -1.16. The van der Waals surface area contributed by atoms with Crippen LogP contribution in [0.1, 0.15) is 48.9 Å². The van der Waals surface area contributed by atoms with Crippen molar-refractivity contribution in [2.75, 3.05) is 11.9 Å². The van der Waals surface area contributed by atoms with Crippen LogP contribution in [0.3, 0.4) is 0 Å². The lowest BCUT2D eigenvalue weighted by atomic mass is 9.94. The van der Waals surface area contributed by atoms with Gasteiger partial charge in [0.2, 0.25) is 0 Å². The van der Waals surface area contributed by atoms with Crippen molar-refractivity contribution in [3.63, 3.8) is 0 Å². The highest BCUT2D eigenvalue weighted by atomic mass is 32.1. The molecule has 0 atom stereocenters. The van der Waals surface area contributed by atoms with Crippen molar-refractivity contribution in [2.24, 2.45) is 11.7 Å². The Balaban J connectivity index is 1.80. The number of thiocarbonyl (C=S) groups is 1. The Kier molecular flexibility index (Phi) is 3.69. The molecule has 0 saturated heterocycles. The molecule has 0 spiro atoms. The van der Waals surface area contributed by atoms with Crippen LogP contribution in [0.2, 0.25) is 0 Å². The van der Waals surface area contributed by atoms with E-state index in [2.05, 4.69) is 11.4 Å². The van der Waals surface area contributed by atoms with E-state index in [1.165, 1.54) is 43.4 Å². The Bertz CT molecular complexity index is 494. The van der Waals surface area contributed by atoms with Crippen LogP contribution in [-0.2, 0) is 12.8 Å². The molecule has 2 aliphatic carbocycles. The maximum absolute atomic E-state index is 5.84. The minimum absolute atomic E-state index is 0.454. The molecule has 1 aromatic heterocycles. The van der Waals surface area contributed by atoms with E-state index in [1.807, 2.05) is 0 Å². The number of aryl methyl sites for hydroxylation is 2. The van der Waals surface area contributed by atoms with Gasteiger partial charge in [0, 0.05) is 12.2 Å². The zero-order valence-electron chi connectivity index (χ0n) is 11.2. The number of hydrogen-bond donors (Lipinski definition) is 2. The van der Waals surface area contributed by atoms with E-state index in [0.29, 0.717) is 4.99 Å². The molecule has 0 aromatic carbocycles. The molecule has 102 valence electrons. The third kappa shape index (κ3) is 3.06. The van der Waals surface area contributed by atoms with Crippen LogP contribution in [0.15, 0.2) is 6.07 Å². The van der Waals surface area contributed by atoms with Crippen LogP contribution in [-0.4, -0.2) is 16.5 Å². The predicted molar refractivity (Wildman–Crippen MR) is 82.6 cm³/mol. The lowest BCUT2D eigenvalue weighted by Gasteiger charge is -2.19. The van der Waals surface area contributed by atoms with Crippen molar-refractivity contribution < 1.29 is 0 Å². The topological polar surface area (TPSA) is 50.9 Å². The number of nitrogens with one attached hydrogen (secondary N) is 1. The van der Waals surface area contributed by atoms with Gasteiger partial charge < -0.3 is 11.1 Å². The van der Waals surface area contributed by atoms with E-state index in [0.717, 1.165) is 36.7 Å².